The summed E-state index contributed by atoms with van der Waals surface area (Å²) in [6, 6.07) is 2.65. The lowest BCUT2D eigenvalue weighted by Gasteiger charge is -2.23. The Kier molecular flexibility index (Phi) is 5.15. The van der Waals surface area contributed by atoms with E-state index >= 15 is 0 Å². The lowest BCUT2D eigenvalue weighted by molar-refractivity contribution is -0.135. The number of amides is 1. The van der Waals surface area contributed by atoms with Gasteiger partial charge in [-0.3, -0.25) is 14.8 Å². The molecule has 1 unspecified atom stereocenters. The normalized spacial score (nSPS) is 21.5. The first-order valence-corrected chi connectivity index (χ1v) is 10.4. The third-order valence-corrected chi connectivity index (χ3v) is 5.82. The minimum atomic E-state index is -4.25. The van der Waals surface area contributed by atoms with Gasteiger partial charge >= 0.3 is 6.18 Å². The van der Waals surface area contributed by atoms with E-state index in [0.717, 1.165) is 6.20 Å². The second kappa shape index (κ2) is 7.94. The van der Waals surface area contributed by atoms with Crippen molar-refractivity contribution < 1.29 is 22.4 Å². The molecule has 0 radical (unpaired) electrons. The first-order valence-electron chi connectivity index (χ1n) is 10.4. The van der Waals surface area contributed by atoms with Gasteiger partial charge in [0.05, 0.1) is 23.8 Å². The van der Waals surface area contributed by atoms with Gasteiger partial charge in [0, 0.05) is 18.2 Å². The number of alkyl halides is 3. The van der Waals surface area contributed by atoms with Gasteiger partial charge < -0.3 is 5.32 Å². The van der Waals surface area contributed by atoms with Gasteiger partial charge in [0.15, 0.2) is 11.7 Å². The Bertz CT molecular complexity index is 1250. The van der Waals surface area contributed by atoms with Crippen molar-refractivity contribution in [1.29, 1.82) is 0 Å². The van der Waals surface area contributed by atoms with E-state index in [2.05, 4.69) is 35.7 Å². The minimum Gasteiger partial charge on any atom is -0.309 e. The Labute approximate surface area is 190 Å². The second-order valence-corrected chi connectivity index (χ2v) is 8.11. The van der Waals surface area contributed by atoms with Crippen LogP contribution in [0, 0.1) is 5.82 Å². The van der Waals surface area contributed by atoms with E-state index in [0.29, 0.717) is 28.5 Å². The van der Waals surface area contributed by atoms with Crippen LogP contribution >= 0.6 is 0 Å². The topological polar surface area (TPSA) is 108 Å². The lowest BCUT2D eigenvalue weighted by atomic mass is 9.81. The summed E-state index contributed by atoms with van der Waals surface area (Å²) in [4.78, 5) is 34.4. The standard InChI is InChI=1S/C21H18F4N8O/c1-20(15-5-4-11(22)7-26-15)12-8-27-17(31-16(12)32-19(20)34)14-9-33-18(28-10-29-33)13(30-14)3-2-6-21(23,24)25/h4-5,7-9,29H,2-3,6,10H2,1H3,(H,27,31,32,34). The number of halogens is 4. The monoisotopic (exact) mass is 474 g/mol. The molecule has 5 rings (SSSR count). The van der Waals surface area contributed by atoms with Gasteiger partial charge in [-0.25, -0.2) is 29.8 Å². The summed E-state index contributed by atoms with van der Waals surface area (Å²) < 4.78 is 51.1. The van der Waals surface area contributed by atoms with E-state index in [-0.39, 0.29) is 31.2 Å². The highest BCUT2D eigenvalue weighted by Gasteiger charge is 2.47. The SMILES string of the molecule is CC1(c2ccc(F)cn2)C(=O)Nc2nc(C3=CN4NCN=C4C(CCCC(F)(F)F)=N3)ncc21. The summed E-state index contributed by atoms with van der Waals surface area (Å²) >= 11 is 0. The number of carbonyl (C=O) groups excluding carboxylic acids is 1. The first kappa shape index (κ1) is 22.1. The van der Waals surface area contributed by atoms with Gasteiger partial charge in [-0.2, -0.15) is 13.2 Å². The molecule has 0 fully saturated rings. The minimum absolute atomic E-state index is 0.0733. The van der Waals surface area contributed by atoms with Crippen molar-refractivity contribution in [2.24, 2.45) is 9.98 Å². The molecule has 34 heavy (non-hydrogen) atoms. The molecule has 0 spiro atoms. The maximum absolute atomic E-state index is 13.3. The van der Waals surface area contributed by atoms with Crippen LogP contribution in [0.5, 0.6) is 0 Å². The number of rotatable bonds is 5. The zero-order chi connectivity index (χ0) is 24.1. The number of aliphatic imine (C=N–C) groups is 2. The molecule has 0 aromatic carbocycles. The number of carbonyl (C=O) groups is 1. The number of hydrogen-bond donors (Lipinski definition) is 2. The number of nitrogens with one attached hydrogen (secondary N) is 2. The molecular formula is C21H18F4N8O. The summed E-state index contributed by atoms with van der Waals surface area (Å²) in [6.07, 6.45) is -1.14. The van der Waals surface area contributed by atoms with Gasteiger partial charge in [0.2, 0.25) is 5.91 Å². The van der Waals surface area contributed by atoms with E-state index < -0.39 is 29.7 Å². The molecule has 1 amide bonds. The summed E-state index contributed by atoms with van der Waals surface area (Å²) in [7, 11) is 0. The fourth-order valence-electron chi connectivity index (χ4n) is 4.00. The molecule has 0 saturated carbocycles. The van der Waals surface area contributed by atoms with E-state index in [9.17, 15) is 22.4 Å². The Morgan fingerprint density at radius 1 is 1.21 bits per heavy atom. The van der Waals surface area contributed by atoms with E-state index in [1.807, 2.05) is 0 Å². The third-order valence-electron chi connectivity index (χ3n) is 5.82. The molecule has 0 aliphatic carbocycles. The van der Waals surface area contributed by atoms with Crippen molar-refractivity contribution in [3.05, 3.63) is 53.6 Å². The van der Waals surface area contributed by atoms with E-state index in [1.165, 1.54) is 18.3 Å². The highest BCUT2D eigenvalue weighted by Crippen LogP contribution is 2.41. The number of anilines is 1. The van der Waals surface area contributed by atoms with Gasteiger partial charge in [-0.1, -0.05) is 0 Å². The average molecular weight is 474 g/mol. The molecule has 2 aromatic rings. The van der Waals surface area contributed by atoms with Crippen molar-refractivity contribution in [3.8, 4) is 0 Å². The van der Waals surface area contributed by atoms with Crippen molar-refractivity contribution in [1.82, 2.24) is 25.4 Å². The van der Waals surface area contributed by atoms with Crippen LogP contribution in [0.3, 0.4) is 0 Å². The van der Waals surface area contributed by atoms with Crippen LogP contribution in [0.15, 0.2) is 40.7 Å². The first-order chi connectivity index (χ1) is 16.1. The van der Waals surface area contributed by atoms with Gasteiger partial charge in [0.25, 0.3) is 0 Å². The number of aromatic nitrogens is 3. The quantitative estimate of drug-likeness (QED) is 0.646. The molecule has 3 aliphatic heterocycles. The predicted octanol–water partition coefficient (Wildman–Crippen LogP) is 2.93. The number of amidine groups is 1. The van der Waals surface area contributed by atoms with Crippen LogP contribution in [0.4, 0.5) is 23.4 Å². The molecule has 0 saturated heterocycles. The Morgan fingerprint density at radius 2 is 2.03 bits per heavy atom. The zero-order valence-electron chi connectivity index (χ0n) is 17.8. The van der Waals surface area contributed by atoms with Crippen LogP contribution in [0.2, 0.25) is 0 Å². The third kappa shape index (κ3) is 3.81. The molecule has 9 nitrogen and oxygen atoms in total. The molecule has 1 atom stereocenters. The molecule has 0 bridgehead atoms. The van der Waals surface area contributed by atoms with Gasteiger partial charge in [0.1, 0.15) is 29.4 Å². The summed E-state index contributed by atoms with van der Waals surface area (Å²) in [5.41, 5.74) is 3.26. The smallest absolute Gasteiger partial charge is 0.309 e. The highest BCUT2D eigenvalue weighted by atomic mass is 19.4. The molecule has 176 valence electrons. The average Bonchev–Trinajstić information content (AvgIpc) is 3.36. The molecule has 13 heteroatoms. The van der Waals surface area contributed by atoms with Crippen molar-refractivity contribution in [3.63, 3.8) is 0 Å². The fraction of sp³-hybridized carbons (Fsp3) is 0.333. The summed E-state index contributed by atoms with van der Waals surface area (Å²) in [5, 5.41) is 4.29. The van der Waals surface area contributed by atoms with Crippen molar-refractivity contribution >= 4 is 29.0 Å². The molecule has 2 aromatic heterocycles. The Balaban J connectivity index is 1.46. The Hall–Kier alpha value is -3.74. The zero-order valence-corrected chi connectivity index (χ0v) is 17.8. The second-order valence-electron chi connectivity index (χ2n) is 8.11. The number of pyridine rings is 1. The number of fused-ring (bicyclic) bond motifs is 2. The Morgan fingerprint density at radius 3 is 2.76 bits per heavy atom. The molecular weight excluding hydrogens is 456 g/mol. The van der Waals surface area contributed by atoms with E-state index in [1.54, 1.807) is 18.1 Å². The number of nitrogens with zero attached hydrogens (tertiary/aromatic N) is 6. The van der Waals surface area contributed by atoms with Crippen LogP contribution in [0.1, 0.15) is 43.3 Å². The fourth-order valence-corrected chi connectivity index (χ4v) is 4.00. The van der Waals surface area contributed by atoms with Crippen LogP contribution in [-0.2, 0) is 10.2 Å². The number of hydrogen-bond acceptors (Lipinski definition) is 8. The highest BCUT2D eigenvalue weighted by molar-refractivity contribution is 6.43. The maximum atomic E-state index is 13.3. The van der Waals surface area contributed by atoms with Crippen LogP contribution in [0.25, 0.3) is 5.70 Å². The van der Waals surface area contributed by atoms with Crippen molar-refractivity contribution in [2.45, 2.75) is 37.8 Å². The largest absolute Gasteiger partial charge is 0.389 e. The van der Waals surface area contributed by atoms with Gasteiger partial charge in [-0.05, 0) is 31.9 Å². The lowest BCUT2D eigenvalue weighted by Crippen LogP contribution is -2.39. The molecule has 2 N–H and O–H groups in total. The van der Waals surface area contributed by atoms with Gasteiger partial charge in [-0.15, -0.1) is 0 Å². The summed E-state index contributed by atoms with van der Waals surface area (Å²) in [6.45, 7) is 1.91. The van der Waals surface area contributed by atoms with Crippen LogP contribution in [-0.4, -0.2) is 50.3 Å². The molecule has 3 aliphatic rings. The van der Waals surface area contributed by atoms with Crippen molar-refractivity contribution in [2.75, 3.05) is 12.0 Å². The maximum Gasteiger partial charge on any atom is 0.389 e. The molecule has 5 heterocycles. The van der Waals surface area contributed by atoms with Crippen LogP contribution < -0.4 is 10.7 Å². The van der Waals surface area contributed by atoms with E-state index in [4.69, 9.17) is 0 Å². The predicted molar refractivity (Wildman–Crippen MR) is 114 cm³/mol. The number of hydrazine groups is 1. The summed E-state index contributed by atoms with van der Waals surface area (Å²) in [5.74, 6) is -0.0271.